The molecule has 0 aliphatic rings. The Labute approximate surface area is 173 Å². The molecule has 0 bridgehead atoms. The van der Waals surface area contributed by atoms with Gasteiger partial charge in [-0.3, -0.25) is 10.7 Å². The van der Waals surface area contributed by atoms with Crippen LogP contribution in [0.2, 0.25) is 0 Å². The van der Waals surface area contributed by atoms with Crippen LogP contribution in [0.1, 0.15) is 22.6 Å². The Morgan fingerprint density at radius 1 is 0.828 bits per heavy atom. The van der Waals surface area contributed by atoms with Crippen molar-refractivity contribution < 1.29 is 14.5 Å². The maximum atomic E-state index is 6.52. The molecular formula is C25H29N2O2+. The van der Waals surface area contributed by atoms with Gasteiger partial charge in [-0.15, -0.1) is 0 Å². The molecule has 4 nitrogen and oxygen atoms in total. The van der Waals surface area contributed by atoms with Gasteiger partial charge in [0, 0.05) is 6.42 Å². The van der Waals surface area contributed by atoms with Gasteiger partial charge in [-0.2, -0.15) is 0 Å². The summed E-state index contributed by atoms with van der Waals surface area (Å²) in [6.07, 6.45) is 1.70. The summed E-state index contributed by atoms with van der Waals surface area (Å²) >= 11 is 0. The van der Waals surface area contributed by atoms with Gasteiger partial charge in [0.15, 0.2) is 11.5 Å². The van der Waals surface area contributed by atoms with E-state index in [-0.39, 0.29) is 5.92 Å². The maximum absolute atomic E-state index is 6.52. The summed E-state index contributed by atoms with van der Waals surface area (Å²) in [5.74, 6) is 2.39. The molecule has 3 aromatic rings. The van der Waals surface area contributed by atoms with Gasteiger partial charge < -0.3 is 9.47 Å². The number of nitrogens with one attached hydrogen (secondary N) is 1. The summed E-state index contributed by atoms with van der Waals surface area (Å²) in [7, 11) is 3.30. The molecule has 29 heavy (non-hydrogen) atoms. The molecule has 0 spiro atoms. The number of methoxy groups -OCH3 is 2. The summed E-state index contributed by atoms with van der Waals surface area (Å²) in [6, 6.07) is 26.9. The molecule has 3 rings (SSSR count). The lowest BCUT2D eigenvalue weighted by Crippen LogP contribution is -2.77. The summed E-state index contributed by atoms with van der Waals surface area (Å²) in [6.45, 7) is 0.749. The average molecular weight is 390 g/mol. The summed E-state index contributed by atoms with van der Waals surface area (Å²) < 4.78 is 10.7. The first kappa shape index (κ1) is 20.5. The molecule has 4 heteroatoms. The van der Waals surface area contributed by atoms with Crippen LogP contribution in [0.25, 0.3) is 0 Å². The fourth-order valence-corrected chi connectivity index (χ4v) is 3.45. The van der Waals surface area contributed by atoms with Crippen LogP contribution in [-0.4, -0.2) is 26.6 Å². The molecule has 0 aromatic heterocycles. The lowest BCUT2D eigenvalue weighted by Gasteiger charge is -2.14. The average Bonchev–Trinajstić information content (AvgIpc) is 2.78. The van der Waals surface area contributed by atoms with Crippen LogP contribution in [-0.2, 0) is 12.8 Å². The topological polar surface area (TPSA) is 58.5 Å². The highest BCUT2D eigenvalue weighted by molar-refractivity contribution is 5.82. The van der Waals surface area contributed by atoms with E-state index in [1.165, 1.54) is 16.7 Å². The van der Waals surface area contributed by atoms with Crippen LogP contribution in [0, 0.1) is 0 Å². The van der Waals surface area contributed by atoms with Crippen molar-refractivity contribution in [1.82, 2.24) is 0 Å². The Balaban J connectivity index is 1.73. The number of hydrogen-bond donors (Lipinski definition) is 2. The van der Waals surface area contributed by atoms with Crippen LogP contribution in [0.4, 0.5) is 0 Å². The zero-order valence-electron chi connectivity index (χ0n) is 17.1. The maximum Gasteiger partial charge on any atom is 0.248 e. The molecule has 0 aliphatic heterocycles. The third-order valence-electron chi connectivity index (χ3n) is 5.05. The van der Waals surface area contributed by atoms with E-state index in [9.17, 15) is 0 Å². The number of ether oxygens (including phenoxy) is 2. The molecule has 150 valence electrons. The van der Waals surface area contributed by atoms with Crippen molar-refractivity contribution in [2.45, 2.75) is 18.8 Å². The van der Waals surface area contributed by atoms with Crippen molar-refractivity contribution in [2.24, 2.45) is 5.73 Å². The predicted octanol–water partition coefficient (Wildman–Crippen LogP) is 2.71. The molecule has 3 N–H and O–H groups in total. The number of nitrogens with two attached hydrogens (primary N) is 1. The second-order valence-corrected chi connectivity index (χ2v) is 6.97. The first-order valence-electron chi connectivity index (χ1n) is 9.87. The standard InChI is InChI=1S/C25H28N2O2/c1-28-23-14-13-20(18-24(23)29-2)15-16-27-25(26)22(21-11-7-4-8-12-21)17-19-9-5-3-6-10-19/h3-14,18,22H,15-17H2,1-2H3,(H2,26,27)/p+1/t22-/m1/s1. The van der Waals surface area contributed by atoms with Crippen LogP contribution in [0.15, 0.2) is 78.9 Å². The van der Waals surface area contributed by atoms with E-state index in [1.54, 1.807) is 14.2 Å². The number of amidine groups is 1. The van der Waals surface area contributed by atoms with E-state index in [2.05, 4.69) is 59.6 Å². The highest BCUT2D eigenvalue weighted by atomic mass is 16.5. The predicted molar refractivity (Wildman–Crippen MR) is 118 cm³/mol. The first-order valence-corrected chi connectivity index (χ1v) is 9.87. The van der Waals surface area contributed by atoms with Crippen molar-refractivity contribution in [3.8, 4) is 11.5 Å². The molecular weight excluding hydrogens is 360 g/mol. The third kappa shape index (κ3) is 5.61. The Kier molecular flexibility index (Phi) is 7.28. The molecule has 3 aromatic carbocycles. The van der Waals surface area contributed by atoms with Crippen molar-refractivity contribution >= 4 is 5.84 Å². The lowest BCUT2D eigenvalue weighted by molar-refractivity contribution is -0.459. The van der Waals surface area contributed by atoms with Crippen molar-refractivity contribution in [1.29, 1.82) is 0 Å². The SMILES string of the molecule is COc1ccc(CC[NH+]=C(N)[C@H](Cc2ccccc2)c2ccccc2)cc1OC. The Hall–Kier alpha value is -3.27. The minimum absolute atomic E-state index is 0.115. The van der Waals surface area contributed by atoms with Crippen molar-refractivity contribution in [2.75, 3.05) is 20.8 Å². The minimum atomic E-state index is 0.115. The van der Waals surface area contributed by atoms with Gasteiger partial charge in [0.2, 0.25) is 5.84 Å². The first-order chi connectivity index (χ1) is 14.2. The molecule has 0 saturated heterocycles. The highest BCUT2D eigenvalue weighted by Gasteiger charge is 2.20. The molecule has 0 aliphatic carbocycles. The second kappa shape index (κ2) is 10.3. The van der Waals surface area contributed by atoms with E-state index in [1.807, 2.05) is 24.3 Å². The monoisotopic (exact) mass is 389 g/mol. The van der Waals surface area contributed by atoms with Crippen molar-refractivity contribution in [3.63, 3.8) is 0 Å². The van der Waals surface area contributed by atoms with Gasteiger partial charge in [0.1, 0.15) is 0 Å². The number of benzene rings is 3. The van der Waals surface area contributed by atoms with Gasteiger partial charge in [0.25, 0.3) is 0 Å². The van der Waals surface area contributed by atoms with Crippen LogP contribution in [0.5, 0.6) is 11.5 Å². The van der Waals surface area contributed by atoms with E-state index in [0.29, 0.717) is 0 Å². The van der Waals surface area contributed by atoms with Gasteiger partial charge >= 0.3 is 0 Å². The lowest BCUT2D eigenvalue weighted by atomic mass is 9.91. The minimum Gasteiger partial charge on any atom is -0.493 e. The van der Waals surface area contributed by atoms with Gasteiger partial charge in [0.05, 0.1) is 26.7 Å². The summed E-state index contributed by atoms with van der Waals surface area (Å²) in [5, 5.41) is 0. The molecule has 0 fully saturated rings. The fraction of sp³-hybridized carbons (Fsp3) is 0.240. The molecule has 0 amide bonds. The fourth-order valence-electron chi connectivity index (χ4n) is 3.45. The van der Waals surface area contributed by atoms with E-state index < -0.39 is 0 Å². The van der Waals surface area contributed by atoms with Gasteiger partial charge in [-0.1, -0.05) is 66.7 Å². The molecule has 0 saturated carbocycles. The number of rotatable bonds is 9. The Morgan fingerprint density at radius 2 is 1.48 bits per heavy atom. The zero-order valence-corrected chi connectivity index (χ0v) is 17.1. The summed E-state index contributed by atoms with van der Waals surface area (Å²) in [5.41, 5.74) is 10.2. The zero-order chi connectivity index (χ0) is 20.5. The van der Waals surface area contributed by atoms with Gasteiger partial charge in [-0.25, -0.2) is 0 Å². The Morgan fingerprint density at radius 3 is 2.14 bits per heavy atom. The second-order valence-electron chi connectivity index (χ2n) is 6.97. The molecule has 1 atom stereocenters. The normalized spacial score (nSPS) is 12.4. The third-order valence-corrected chi connectivity index (χ3v) is 5.05. The smallest absolute Gasteiger partial charge is 0.248 e. The molecule has 0 heterocycles. The van der Waals surface area contributed by atoms with E-state index in [4.69, 9.17) is 15.2 Å². The molecule has 0 radical (unpaired) electrons. The van der Waals surface area contributed by atoms with Crippen LogP contribution >= 0.6 is 0 Å². The quantitative estimate of drug-likeness (QED) is 0.437. The Bertz CT molecular complexity index is 924. The molecule has 0 unspecified atom stereocenters. The van der Waals surface area contributed by atoms with Crippen molar-refractivity contribution in [3.05, 3.63) is 95.6 Å². The van der Waals surface area contributed by atoms with Gasteiger partial charge in [-0.05, 0) is 35.2 Å². The highest BCUT2D eigenvalue weighted by Crippen LogP contribution is 2.27. The largest absolute Gasteiger partial charge is 0.493 e. The van der Waals surface area contributed by atoms with Crippen LogP contribution in [0.3, 0.4) is 0 Å². The van der Waals surface area contributed by atoms with E-state index in [0.717, 1.165) is 36.7 Å². The van der Waals surface area contributed by atoms with Crippen LogP contribution < -0.4 is 20.2 Å². The van der Waals surface area contributed by atoms with E-state index >= 15 is 0 Å². The summed E-state index contributed by atoms with van der Waals surface area (Å²) in [4.78, 5) is 3.44. The number of hydrogen-bond acceptors (Lipinski definition) is 2.